The molecule has 6 heteroatoms. The number of carboxylic acid groups (broad SMARTS) is 1. The molecule has 0 bridgehead atoms. The predicted octanol–water partition coefficient (Wildman–Crippen LogP) is -0.0832. The Morgan fingerprint density at radius 1 is 1.60 bits per heavy atom. The van der Waals surface area contributed by atoms with Crippen LogP contribution in [0.25, 0.3) is 0 Å². The molecule has 0 aromatic carbocycles. The third kappa shape index (κ3) is 3.90. The Hall–Kier alpha value is -1.69. The van der Waals surface area contributed by atoms with Crippen LogP contribution in [0.1, 0.15) is 18.7 Å². The van der Waals surface area contributed by atoms with Gasteiger partial charge in [-0.3, -0.25) is 4.79 Å². The van der Waals surface area contributed by atoms with Crippen LogP contribution in [0.2, 0.25) is 0 Å². The average molecular weight is 211 g/mol. The summed E-state index contributed by atoms with van der Waals surface area (Å²) in [6.07, 6.45) is 2.91. The number of aromatic nitrogens is 2. The van der Waals surface area contributed by atoms with E-state index >= 15 is 0 Å². The van der Waals surface area contributed by atoms with Gasteiger partial charge in [-0.05, 0) is 12.8 Å². The van der Waals surface area contributed by atoms with Crippen LogP contribution >= 0.6 is 0 Å². The van der Waals surface area contributed by atoms with E-state index in [0.717, 1.165) is 0 Å². The summed E-state index contributed by atoms with van der Waals surface area (Å²) >= 11 is 0. The summed E-state index contributed by atoms with van der Waals surface area (Å²) in [5, 5.41) is 17.6. The van der Waals surface area contributed by atoms with Crippen LogP contribution in [0.5, 0.6) is 5.88 Å². The zero-order valence-electron chi connectivity index (χ0n) is 8.13. The van der Waals surface area contributed by atoms with Crippen LogP contribution in [0, 0.1) is 0 Å². The number of hydrogen-bond donors (Lipinski definition) is 3. The molecule has 1 aromatic rings. The Labute approximate surface area is 86.8 Å². The molecular formula is C9H13N3O3. The van der Waals surface area contributed by atoms with Crippen LogP contribution in [0.15, 0.2) is 12.3 Å². The third-order valence-corrected chi connectivity index (χ3v) is 1.92. The van der Waals surface area contributed by atoms with Crippen LogP contribution < -0.4 is 5.73 Å². The number of carboxylic acids is 1. The van der Waals surface area contributed by atoms with Gasteiger partial charge in [-0.1, -0.05) is 0 Å². The summed E-state index contributed by atoms with van der Waals surface area (Å²) in [6.45, 7) is 0. The van der Waals surface area contributed by atoms with Gasteiger partial charge in [-0.2, -0.15) is 4.98 Å². The van der Waals surface area contributed by atoms with E-state index in [9.17, 15) is 4.79 Å². The van der Waals surface area contributed by atoms with E-state index in [1.54, 1.807) is 0 Å². The van der Waals surface area contributed by atoms with Crippen LogP contribution in [-0.2, 0) is 11.2 Å². The molecule has 0 aliphatic heterocycles. The molecule has 0 spiro atoms. The van der Waals surface area contributed by atoms with Crippen molar-refractivity contribution in [3.63, 3.8) is 0 Å². The second kappa shape index (κ2) is 5.26. The van der Waals surface area contributed by atoms with Crippen molar-refractivity contribution in [1.82, 2.24) is 9.97 Å². The lowest BCUT2D eigenvalue weighted by Gasteiger charge is -2.04. The van der Waals surface area contributed by atoms with Gasteiger partial charge in [0, 0.05) is 18.7 Å². The van der Waals surface area contributed by atoms with E-state index in [0.29, 0.717) is 25.1 Å². The van der Waals surface area contributed by atoms with Crippen molar-refractivity contribution in [3.05, 3.63) is 18.1 Å². The molecular weight excluding hydrogens is 198 g/mol. The summed E-state index contributed by atoms with van der Waals surface area (Å²) in [5.74, 6) is -0.595. The first-order chi connectivity index (χ1) is 7.09. The normalized spacial score (nSPS) is 12.3. The Morgan fingerprint density at radius 2 is 2.33 bits per heavy atom. The van der Waals surface area contributed by atoms with Gasteiger partial charge in [-0.15, -0.1) is 0 Å². The topological polar surface area (TPSA) is 109 Å². The van der Waals surface area contributed by atoms with Gasteiger partial charge >= 0.3 is 5.97 Å². The van der Waals surface area contributed by atoms with E-state index in [4.69, 9.17) is 15.9 Å². The number of aryl methyl sites for hydroxylation is 1. The SMILES string of the molecule is NC(CCCc1nccc(O)n1)C(=O)O. The van der Waals surface area contributed by atoms with Crippen LogP contribution in [0.4, 0.5) is 0 Å². The molecule has 4 N–H and O–H groups in total. The van der Waals surface area contributed by atoms with Crippen molar-refractivity contribution in [3.8, 4) is 5.88 Å². The van der Waals surface area contributed by atoms with Gasteiger partial charge in [0.15, 0.2) is 0 Å². The van der Waals surface area contributed by atoms with Crippen molar-refractivity contribution >= 4 is 5.97 Å². The molecule has 0 amide bonds. The number of aliphatic carboxylic acids is 1. The van der Waals surface area contributed by atoms with Crippen molar-refractivity contribution < 1.29 is 15.0 Å². The van der Waals surface area contributed by atoms with E-state index in [2.05, 4.69) is 9.97 Å². The molecule has 0 radical (unpaired) electrons. The predicted molar refractivity (Wildman–Crippen MR) is 52.2 cm³/mol. The molecule has 82 valence electrons. The molecule has 6 nitrogen and oxygen atoms in total. The molecule has 1 unspecified atom stereocenters. The van der Waals surface area contributed by atoms with Gasteiger partial charge < -0.3 is 15.9 Å². The summed E-state index contributed by atoms with van der Waals surface area (Å²) < 4.78 is 0. The van der Waals surface area contributed by atoms with Gasteiger partial charge in [-0.25, -0.2) is 4.98 Å². The molecule has 15 heavy (non-hydrogen) atoms. The number of hydrogen-bond acceptors (Lipinski definition) is 5. The van der Waals surface area contributed by atoms with Crippen molar-refractivity contribution in [2.75, 3.05) is 0 Å². The van der Waals surface area contributed by atoms with E-state index < -0.39 is 12.0 Å². The smallest absolute Gasteiger partial charge is 0.320 e. The first-order valence-electron chi connectivity index (χ1n) is 4.59. The Morgan fingerprint density at radius 3 is 2.93 bits per heavy atom. The fraction of sp³-hybridized carbons (Fsp3) is 0.444. The average Bonchev–Trinajstić information content (AvgIpc) is 2.17. The van der Waals surface area contributed by atoms with Gasteiger partial charge in [0.2, 0.25) is 5.88 Å². The molecule has 0 saturated heterocycles. The minimum Gasteiger partial charge on any atom is -0.493 e. The molecule has 1 atom stereocenters. The van der Waals surface area contributed by atoms with Gasteiger partial charge in [0.1, 0.15) is 11.9 Å². The summed E-state index contributed by atoms with van der Waals surface area (Å²) in [7, 11) is 0. The highest BCUT2D eigenvalue weighted by atomic mass is 16.4. The molecule has 0 saturated carbocycles. The van der Waals surface area contributed by atoms with Crippen LogP contribution in [0.3, 0.4) is 0 Å². The zero-order valence-corrected chi connectivity index (χ0v) is 8.13. The van der Waals surface area contributed by atoms with E-state index in [1.165, 1.54) is 12.3 Å². The highest BCUT2D eigenvalue weighted by Crippen LogP contribution is 2.05. The highest BCUT2D eigenvalue weighted by Gasteiger charge is 2.10. The van der Waals surface area contributed by atoms with E-state index in [-0.39, 0.29) is 5.88 Å². The van der Waals surface area contributed by atoms with Gasteiger partial charge in [0.25, 0.3) is 0 Å². The number of carbonyl (C=O) groups is 1. The Balaban J connectivity index is 2.35. The van der Waals surface area contributed by atoms with Crippen molar-refractivity contribution in [2.24, 2.45) is 5.73 Å². The number of nitrogens with zero attached hydrogens (tertiary/aromatic N) is 2. The Kier molecular flexibility index (Phi) is 3.99. The summed E-state index contributed by atoms with van der Waals surface area (Å²) in [5.41, 5.74) is 5.32. The maximum Gasteiger partial charge on any atom is 0.320 e. The second-order valence-electron chi connectivity index (χ2n) is 3.17. The Bertz CT molecular complexity index is 343. The van der Waals surface area contributed by atoms with Crippen molar-refractivity contribution in [2.45, 2.75) is 25.3 Å². The second-order valence-corrected chi connectivity index (χ2v) is 3.17. The molecule has 0 aliphatic carbocycles. The lowest BCUT2D eigenvalue weighted by molar-refractivity contribution is -0.138. The first-order valence-corrected chi connectivity index (χ1v) is 4.59. The first kappa shape index (κ1) is 11.4. The van der Waals surface area contributed by atoms with Crippen LogP contribution in [-0.4, -0.2) is 32.2 Å². The monoisotopic (exact) mass is 211 g/mol. The quantitative estimate of drug-likeness (QED) is 0.628. The molecule has 1 aromatic heterocycles. The fourth-order valence-electron chi connectivity index (χ4n) is 1.11. The number of rotatable bonds is 5. The fourth-order valence-corrected chi connectivity index (χ4v) is 1.11. The van der Waals surface area contributed by atoms with Gasteiger partial charge in [0.05, 0.1) is 0 Å². The minimum atomic E-state index is -1.01. The maximum atomic E-state index is 10.4. The lowest BCUT2D eigenvalue weighted by atomic mass is 10.1. The standard InChI is InChI=1S/C9H13N3O3/c10-6(9(14)15)2-1-3-7-11-5-4-8(13)12-7/h4-6H,1-3,10H2,(H,14,15)(H,11,12,13). The lowest BCUT2D eigenvalue weighted by Crippen LogP contribution is -2.29. The number of aromatic hydroxyl groups is 1. The summed E-state index contributed by atoms with van der Waals surface area (Å²) in [6, 6.07) is 0.536. The largest absolute Gasteiger partial charge is 0.493 e. The molecule has 1 rings (SSSR count). The third-order valence-electron chi connectivity index (χ3n) is 1.92. The molecule has 0 fully saturated rings. The van der Waals surface area contributed by atoms with Crippen molar-refractivity contribution in [1.29, 1.82) is 0 Å². The summed E-state index contributed by atoms with van der Waals surface area (Å²) in [4.78, 5) is 18.1. The van der Waals surface area contributed by atoms with E-state index in [1.807, 2.05) is 0 Å². The molecule has 0 aliphatic rings. The zero-order chi connectivity index (χ0) is 11.3. The number of nitrogens with two attached hydrogens (primary N) is 1. The maximum absolute atomic E-state index is 10.4. The highest BCUT2D eigenvalue weighted by molar-refractivity contribution is 5.72. The molecule has 1 heterocycles. The minimum absolute atomic E-state index is 0.0810.